The monoisotopic (exact) mass is 227 g/mol. The number of ether oxygens (including phenoxy) is 1. The third kappa shape index (κ3) is 1.89. The maximum atomic E-state index is 10.4. The Hall–Kier alpha value is -0.120. The van der Waals surface area contributed by atoms with E-state index in [4.69, 9.17) is 4.74 Å². The number of likely N-dealkylation sites (tertiary alicyclic amines) is 1. The summed E-state index contributed by atoms with van der Waals surface area (Å²) in [6.07, 6.45) is 1.82. The fourth-order valence-corrected chi connectivity index (χ4v) is 3.13. The van der Waals surface area contributed by atoms with E-state index in [9.17, 15) is 5.11 Å². The smallest absolute Gasteiger partial charge is 0.0903 e. The van der Waals surface area contributed by atoms with Crippen molar-refractivity contribution in [3.63, 3.8) is 0 Å². The second-order valence-corrected chi connectivity index (χ2v) is 6.29. The molecule has 2 aliphatic rings. The first-order valence-electron chi connectivity index (χ1n) is 6.43. The summed E-state index contributed by atoms with van der Waals surface area (Å²) in [5.74, 6) is 0. The summed E-state index contributed by atoms with van der Waals surface area (Å²) in [6, 6.07) is 0.616. The Labute approximate surface area is 98.8 Å². The molecule has 3 nitrogen and oxygen atoms in total. The molecule has 2 saturated heterocycles. The minimum Gasteiger partial charge on any atom is -0.389 e. The van der Waals surface area contributed by atoms with Gasteiger partial charge in [0.25, 0.3) is 0 Å². The predicted octanol–water partition coefficient (Wildman–Crippen LogP) is 1.65. The Bertz CT molecular complexity index is 255. The van der Waals surface area contributed by atoms with Crippen molar-refractivity contribution < 1.29 is 9.84 Å². The highest BCUT2D eigenvalue weighted by Crippen LogP contribution is 2.46. The molecule has 0 aromatic rings. The van der Waals surface area contributed by atoms with Crippen LogP contribution in [0.4, 0.5) is 0 Å². The van der Waals surface area contributed by atoms with E-state index in [0.29, 0.717) is 6.04 Å². The van der Waals surface area contributed by atoms with Crippen molar-refractivity contribution in [2.24, 2.45) is 5.41 Å². The van der Waals surface area contributed by atoms with E-state index in [1.165, 1.54) is 0 Å². The highest BCUT2D eigenvalue weighted by atomic mass is 16.5. The van der Waals surface area contributed by atoms with Crippen molar-refractivity contribution in [3.8, 4) is 0 Å². The molecule has 0 aromatic carbocycles. The molecule has 1 unspecified atom stereocenters. The Morgan fingerprint density at radius 2 is 1.81 bits per heavy atom. The molecule has 94 valence electrons. The fraction of sp³-hybridized carbons (Fsp3) is 1.00. The van der Waals surface area contributed by atoms with Gasteiger partial charge in [0.15, 0.2) is 0 Å². The number of hydrogen-bond donors (Lipinski definition) is 1. The number of aliphatic hydroxyl groups is 1. The van der Waals surface area contributed by atoms with Crippen molar-refractivity contribution >= 4 is 0 Å². The second kappa shape index (κ2) is 3.97. The fourth-order valence-electron chi connectivity index (χ4n) is 3.13. The van der Waals surface area contributed by atoms with Crippen molar-refractivity contribution in [1.29, 1.82) is 0 Å². The topological polar surface area (TPSA) is 32.7 Å². The molecule has 0 aliphatic carbocycles. The van der Waals surface area contributed by atoms with Crippen LogP contribution in [0.1, 0.15) is 40.5 Å². The molecule has 0 saturated carbocycles. The first-order valence-corrected chi connectivity index (χ1v) is 6.43. The number of hydrogen-bond acceptors (Lipinski definition) is 3. The average molecular weight is 227 g/mol. The van der Waals surface area contributed by atoms with Gasteiger partial charge >= 0.3 is 0 Å². The molecule has 1 atom stereocenters. The van der Waals surface area contributed by atoms with Crippen LogP contribution in [-0.4, -0.2) is 47.4 Å². The first kappa shape index (κ1) is 12.3. The second-order valence-electron chi connectivity index (χ2n) is 6.29. The van der Waals surface area contributed by atoms with Crippen LogP contribution < -0.4 is 0 Å². The van der Waals surface area contributed by atoms with E-state index in [2.05, 4.69) is 18.7 Å². The number of nitrogens with zero attached hydrogens (tertiary/aromatic N) is 1. The molecular weight excluding hydrogens is 202 g/mol. The largest absolute Gasteiger partial charge is 0.389 e. The van der Waals surface area contributed by atoms with Crippen LogP contribution >= 0.6 is 0 Å². The van der Waals surface area contributed by atoms with Crippen LogP contribution in [0, 0.1) is 5.41 Å². The quantitative estimate of drug-likeness (QED) is 0.739. The van der Waals surface area contributed by atoms with Gasteiger partial charge in [-0.2, -0.15) is 0 Å². The third-order valence-corrected chi connectivity index (χ3v) is 4.49. The molecule has 16 heavy (non-hydrogen) atoms. The van der Waals surface area contributed by atoms with Crippen LogP contribution in [0.5, 0.6) is 0 Å². The maximum absolute atomic E-state index is 10.4. The third-order valence-electron chi connectivity index (χ3n) is 4.49. The van der Waals surface area contributed by atoms with Gasteiger partial charge in [-0.25, -0.2) is 0 Å². The molecule has 1 spiro atoms. The minimum absolute atomic E-state index is 0.0227. The van der Waals surface area contributed by atoms with Crippen molar-refractivity contribution in [2.75, 3.05) is 19.7 Å². The van der Waals surface area contributed by atoms with Gasteiger partial charge < -0.3 is 14.7 Å². The number of piperidine rings is 1. The van der Waals surface area contributed by atoms with E-state index in [1.54, 1.807) is 0 Å². The van der Waals surface area contributed by atoms with Gasteiger partial charge in [-0.05, 0) is 53.6 Å². The van der Waals surface area contributed by atoms with Crippen LogP contribution in [0.15, 0.2) is 0 Å². The summed E-state index contributed by atoms with van der Waals surface area (Å²) in [5, 5.41) is 10.4. The zero-order valence-electron chi connectivity index (χ0n) is 11.0. The Morgan fingerprint density at radius 3 is 2.19 bits per heavy atom. The maximum Gasteiger partial charge on any atom is 0.0903 e. The standard InChI is InChI=1S/C13H25NO2/c1-10(2)14-7-5-13(6-8-14)9-16-12(3,4)11(13)15/h10-11,15H,5-9H2,1-4H3. The number of rotatable bonds is 1. The molecule has 1 N–H and O–H groups in total. The molecule has 2 fully saturated rings. The predicted molar refractivity (Wildman–Crippen MR) is 64.4 cm³/mol. The zero-order chi connectivity index (χ0) is 12.0. The van der Waals surface area contributed by atoms with Crippen molar-refractivity contribution in [3.05, 3.63) is 0 Å². The normalized spacial score (nSPS) is 33.8. The molecule has 0 bridgehead atoms. The van der Waals surface area contributed by atoms with E-state index in [1.807, 2.05) is 13.8 Å². The first-order chi connectivity index (χ1) is 7.37. The summed E-state index contributed by atoms with van der Waals surface area (Å²) in [6.45, 7) is 11.4. The van der Waals surface area contributed by atoms with Gasteiger partial charge in [-0.1, -0.05) is 0 Å². The Kier molecular flexibility index (Phi) is 3.06. The lowest BCUT2D eigenvalue weighted by molar-refractivity contribution is -0.0473. The molecule has 2 heterocycles. The highest BCUT2D eigenvalue weighted by molar-refractivity contribution is 5.03. The van der Waals surface area contributed by atoms with Gasteiger partial charge in [0.1, 0.15) is 0 Å². The van der Waals surface area contributed by atoms with E-state index in [-0.39, 0.29) is 17.1 Å². The van der Waals surface area contributed by atoms with Crippen LogP contribution in [0.2, 0.25) is 0 Å². The van der Waals surface area contributed by atoms with Crippen LogP contribution in [0.25, 0.3) is 0 Å². The minimum atomic E-state index is -0.361. The van der Waals surface area contributed by atoms with Gasteiger partial charge in [-0.15, -0.1) is 0 Å². The lowest BCUT2D eigenvalue weighted by Crippen LogP contribution is -2.50. The average Bonchev–Trinajstić information content (AvgIpc) is 2.45. The lowest BCUT2D eigenvalue weighted by atomic mass is 9.72. The molecule has 2 aliphatic heterocycles. The van der Waals surface area contributed by atoms with E-state index >= 15 is 0 Å². The highest BCUT2D eigenvalue weighted by Gasteiger charge is 2.53. The molecule has 3 heteroatoms. The van der Waals surface area contributed by atoms with Crippen molar-refractivity contribution in [2.45, 2.75) is 58.3 Å². The molecule has 0 aromatic heterocycles. The van der Waals surface area contributed by atoms with Crippen LogP contribution in [0.3, 0.4) is 0 Å². The van der Waals surface area contributed by atoms with Gasteiger partial charge in [0.05, 0.1) is 18.3 Å². The van der Waals surface area contributed by atoms with Gasteiger partial charge in [-0.3, -0.25) is 0 Å². The summed E-state index contributed by atoms with van der Waals surface area (Å²) in [5.41, 5.74) is -0.338. The number of aliphatic hydroxyl groups excluding tert-OH is 1. The van der Waals surface area contributed by atoms with E-state index < -0.39 is 0 Å². The van der Waals surface area contributed by atoms with Crippen LogP contribution in [-0.2, 0) is 4.74 Å². The Morgan fingerprint density at radius 1 is 1.25 bits per heavy atom. The summed E-state index contributed by atoms with van der Waals surface area (Å²) >= 11 is 0. The van der Waals surface area contributed by atoms with Gasteiger partial charge in [0.2, 0.25) is 0 Å². The van der Waals surface area contributed by atoms with Gasteiger partial charge in [0, 0.05) is 11.5 Å². The zero-order valence-corrected chi connectivity index (χ0v) is 11.0. The molecule has 2 rings (SSSR count). The summed E-state index contributed by atoms with van der Waals surface area (Å²) in [7, 11) is 0. The molecule has 0 radical (unpaired) electrons. The molecular formula is C13H25NO2. The Balaban J connectivity index is 2.03. The molecule has 0 amide bonds. The summed E-state index contributed by atoms with van der Waals surface area (Å²) < 4.78 is 5.77. The summed E-state index contributed by atoms with van der Waals surface area (Å²) in [4.78, 5) is 2.49. The van der Waals surface area contributed by atoms with E-state index in [0.717, 1.165) is 32.5 Å². The van der Waals surface area contributed by atoms with Crippen molar-refractivity contribution in [1.82, 2.24) is 4.90 Å². The lowest BCUT2D eigenvalue weighted by Gasteiger charge is -2.43. The SMILES string of the molecule is CC(C)N1CCC2(CC1)COC(C)(C)C2O.